The van der Waals surface area contributed by atoms with E-state index in [1.807, 2.05) is 0 Å². The van der Waals surface area contributed by atoms with Crippen LogP contribution in [0.1, 0.15) is 12.8 Å². The molecule has 0 spiro atoms. The van der Waals surface area contributed by atoms with Crippen LogP contribution in [0, 0.1) is 5.41 Å². The maximum absolute atomic E-state index is 12.6. The van der Waals surface area contributed by atoms with Crippen LogP contribution in [0.4, 0.5) is 24.5 Å². The Labute approximate surface area is 177 Å². The number of anilines is 2. The van der Waals surface area contributed by atoms with E-state index in [0.717, 1.165) is 16.6 Å². The smallest absolute Gasteiger partial charge is 0.376 e. The summed E-state index contributed by atoms with van der Waals surface area (Å²) in [6.45, 7) is 0. The molecule has 1 saturated carbocycles. The Hall–Kier alpha value is -2.60. The molecular formula is C18H14BrF3N2O5S. The number of hydrogen-bond donors (Lipinski definition) is 2. The molecule has 2 N–H and O–H groups in total. The zero-order valence-electron chi connectivity index (χ0n) is 15.0. The van der Waals surface area contributed by atoms with E-state index < -0.39 is 38.6 Å². The minimum atomic E-state index is -5.79. The van der Waals surface area contributed by atoms with Gasteiger partial charge in [0.15, 0.2) is 0 Å². The van der Waals surface area contributed by atoms with Gasteiger partial charge in [0.25, 0.3) is 0 Å². The summed E-state index contributed by atoms with van der Waals surface area (Å²) in [5.41, 5.74) is -6.11. The largest absolute Gasteiger partial charge is 0.534 e. The standard InChI is InChI=1S/C18H14BrF3N2O5S/c19-11-1-3-12(4-2-11)23-15(25)17(9-10-17)16(26)24-13-5-7-14(8-6-13)29-30(27,28)18(20,21)22/h1-8H,9-10H2,(H,23,25)(H,24,26). The van der Waals surface area contributed by atoms with Crippen molar-refractivity contribution >= 4 is 49.2 Å². The topological polar surface area (TPSA) is 102 Å². The van der Waals surface area contributed by atoms with Crippen molar-refractivity contribution in [1.29, 1.82) is 0 Å². The molecule has 2 aromatic rings. The van der Waals surface area contributed by atoms with Crippen molar-refractivity contribution in [3.8, 4) is 5.75 Å². The van der Waals surface area contributed by atoms with Gasteiger partial charge in [-0.25, -0.2) is 0 Å². The Morgan fingerprint density at radius 2 is 1.33 bits per heavy atom. The molecule has 3 rings (SSSR count). The van der Waals surface area contributed by atoms with Crippen LogP contribution in [0.3, 0.4) is 0 Å². The highest BCUT2D eigenvalue weighted by molar-refractivity contribution is 9.10. The first-order valence-electron chi connectivity index (χ1n) is 8.42. The highest BCUT2D eigenvalue weighted by atomic mass is 79.9. The highest BCUT2D eigenvalue weighted by Crippen LogP contribution is 2.47. The first kappa shape index (κ1) is 22.1. The van der Waals surface area contributed by atoms with Crippen LogP contribution in [-0.4, -0.2) is 25.7 Å². The van der Waals surface area contributed by atoms with Gasteiger partial charge in [-0.3, -0.25) is 9.59 Å². The molecular weight excluding hydrogens is 493 g/mol. The molecule has 1 fully saturated rings. The molecule has 2 aromatic carbocycles. The molecule has 7 nitrogen and oxygen atoms in total. The Balaban J connectivity index is 1.64. The van der Waals surface area contributed by atoms with E-state index in [1.54, 1.807) is 24.3 Å². The second-order valence-corrected chi connectivity index (χ2v) is 8.96. The molecule has 1 aliphatic carbocycles. The molecule has 0 heterocycles. The van der Waals surface area contributed by atoms with Crippen molar-refractivity contribution in [2.45, 2.75) is 18.3 Å². The first-order chi connectivity index (χ1) is 13.9. The predicted octanol–water partition coefficient (Wildman–Crippen LogP) is 4.03. The van der Waals surface area contributed by atoms with Crippen molar-refractivity contribution in [1.82, 2.24) is 0 Å². The third-order valence-electron chi connectivity index (χ3n) is 4.32. The van der Waals surface area contributed by atoms with Gasteiger partial charge in [-0.2, -0.15) is 21.6 Å². The fraction of sp³-hybridized carbons (Fsp3) is 0.222. The van der Waals surface area contributed by atoms with Gasteiger partial charge in [-0.1, -0.05) is 15.9 Å². The number of amides is 2. The summed E-state index contributed by atoms with van der Waals surface area (Å²) in [5, 5.41) is 5.18. The van der Waals surface area contributed by atoms with E-state index in [0.29, 0.717) is 18.5 Å². The van der Waals surface area contributed by atoms with Crippen LogP contribution in [0.25, 0.3) is 0 Å². The number of halogens is 4. The predicted molar refractivity (Wildman–Crippen MR) is 105 cm³/mol. The van der Waals surface area contributed by atoms with Crippen LogP contribution in [0.5, 0.6) is 5.75 Å². The molecule has 160 valence electrons. The highest BCUT2D eigenvalue weighted by Gasteiger charge is 2.56. The quantitative estimate of drug-likeness (QED) is 0.349. The summed E-state index contributed by atoms with van der Waals surface area (Å²) in [7, 11) is -5.79. The molecule has 0 saturated heterocycles. The maximum atomic E-state index is 12.6. The maximum Gasteiger partial charge on any atom is 0.534 e. The van der Waals surface area contributed by atoms with E-state index in [2.05, 4.69) is 30.7 Å². The summed E-state index contributed by atoms with van der Waals surface area (Å²) in [5.74, 6) is -1.62. The number of carbonyl (C=O) groups is 2. The van der Waals surface area contributed by atoms with Gasteiger partial charge in [0, 0.05) is 15.8 Å². The Kier molecular flexibility index (Phi) is 5.83. The molecule has 0 unspecified atom stereocenters. The molecule has 0 bridgehead atoms. The number of carbonyl (C=O) groups excluding carboxylic acids is 2. The van der Waals surface area contributed by atoms with Crippen molar-refractivity contribution in [3.63, 3.8) is 0 Å². The normalized spacial score (nSPS) is 15.2. The van der Waals surface area contributed by atoms with Crippen molar-refractivity contribution in [3.05, 3.63) is 53.0 Å². The lowest BCUT2D eigenvalue weighted by molar-refractivity contribution is -0.131. The van der Waals surface area contributed by atoms with E-state index in [4.69, 9.17) is 0 Å². The van der Waals surface area contributed by atoms with Gasteiger partial charge in [-0.15, -0.1) is 0 Å². The van der Waals surface area contributed by atoms with Crippen LogP contribution < -0.4 is 14.8 Å². The van der Waals surface area contributed by atoms with Gasteiger partial charge >= 0.3 is 15.6 Å². The lowest BCUT2D eigenvalue weighted by Gasteiger charge is -2.16. The minimum Gasteiger partial charge on any atom is -0.376 e. The van der Waals surface area contributed by atoms with Crippen molar-refractivity contribution in [2.24, 2.45) is 5.41 Å². The number of alkyl halides is 3. The average molecular weight is 507 g/mol. The number of hydrogen-bond acceptors (Lipinski definition) is 5. The second kappa shape index (κ2) is 7.91. The fourth-order valence-corrected chi connectivity index (χ4v) is 3.21. The SMILES string of the molecule is O=C(Nc1ccc(Br)cc1)C1(C(=O)Nc2ccc(OS(=O)(=O)C(F)(F)F)cc2)CC1. The van der Waals surface area contributed by atoms with Gasteiger partial charge < -0.3 is 14.8 Å². The zero-order valence-corrected chi connectivity index (χ0v) is 17.4. The van der Waals surface area contributed by atoms with Gasteiger partial charge in [0.1, 0.15) is 11.2 Å². The lowest BCUT2D eigenvalue weighted by Crippen LogP contribution is -2.35. The number of rotatable bonds is 6. The van der Waals surface area contributed by atoms with E-state index >= 15 is 0 Å². The second-order valence-electron chi connectivity index (χ2n) is 6.50. The molecule has 1 aliphatic rings. The van der Waals surface area contributed by atoms with E-state index in [1.165, 1.54) is 12.1 Å². The molecule has 0 radical (unpaired) electrons. The van der Waals surface area contributed by atoms with Gasteiger partial charge in [0.05, 0.1) is 0 Å². The van der Waals surface area contributed by atoms with Crippen LogP contribution in [0.2, 0.25) is 0 Å². The van der Waals surface area contributed by atoms with Crippen LogP contribution in [-0.2, 0) is 19.7 Å². The van der Waals surface area contributed by atoms with Gasteiger partial charge in [0.2, 0.25) is 11.8 Å². The van der Waals surface area contributed by atoms with Crippen LogP contribution in [0.15, 0.2) is 53.0 Å². The minimum absolute atomic E-state index is 0.166. The first-order valence-corrected chi connectivity index (χ1v) is 10.6. The van der Waals surface area contributed by atoms with Crippen LogP contribution >= 0.6 is 15.9 Å². The Bertz CT molecular complexity index is 1070. The molecule has 0 aliphatic heterocycles. The molecule has 0 atom stereocenters. The summed E-state index contributed by atoms with van der Waals surface area (Å²) in [6, 6.07) is 11.1. The number of nitrogens with one attached hydrogen (secondary N) is 2. The lowest BCUT2D eigenvalue weighted by atomic mass is 10.0. The Morgan fingerprint density at radius 3 is 1.73 bits per heavy atom. The molecule has 12 heteroatoms. The monoisotopic (exact) mass is 506 g/mol. The Morgan fingerprint density at radius 1 is 0.900 bits per heavy atom. The summed E-state index contributed by atoms with van der Waals surface area (Å²) >= 11 is 3.28. The van der Waals surface area contributed by atoms with Gasteiger partial charge in [-0.05, 0) is 61.4 Å². The molecule has 2 amide bonds. The number of benzene rings is 2. The average Bonchev–Trinajstić information content (AvgIpc) is 3.46. The van der Waals surface area contributed by atoms with E-state index in [-0.39, 0.29) is 5.69 Å². The summed E-state index contributed by atoms with van der Waals surface area (Å²) in [6.07, 6.45) is 0.679. The fourth-order valence-electron chi connectivity index (χ4n) is 2.48. The molecule has 0 aromatic heterocycles. The van der Waals surface area contributed by atoms with Crippen molar-refractivity contribution < 1.29 is 35.4 Å². The summed E-state index contributed by atoms with van der Waals surface area (Å²) in [4.78, 5) is 25.1. The zero-order chi connectivity index (χ0) is 22.2. The third-order valence-corrected chi connectivity index (χ3v) is 5.83. The summed E-state index contributed by atoms with van der Waals surface area (Å²) < 4.78 is 63.9. The molecule has 30 heavy (non-hydrogen) atoms. The van der Waals surface area contributed by atoms with E-state index in [9.17, 15) is 31.2 Å². The van der Waals surface area contributed by atoms with Crippen molar-refractivity contribution in [2.75, 3.05) is 10.6 Å². The third kappa shape index (κ3) is 4.75.